The molecule has 3 nitrogen and oxygen atoms in total. The minimum absolute atomic E-state index is 0.472. The lowest BCUT2D eigenvalue weighted by Gasteiger charge is -2.25. The summed E-state index contributed by atoms with van der Waals surface area (Å²) in [6.45, 7) is 3.47. The van der Waals surface area contributed by atoms with Crippen LogP contribution in [0, 0.1) is 0 Å². The Bertz CT molecular complexity index is 2010. The highest BCUT2D eigenvalue weighted by Gasteiger charge is 2.14. The molecule has 0 spiro atoms. The number of rotatable bonds is 8. The molecular weight excluding hydrogens is 514 g/mol. The first-order valence-corrected chi connectivity index (χ1v) is 14.2. The minimum Gasteiger partial charge on any atom is -0.423 e. The summed E-state index contributed by atoms with van der Waals surface area (Å²) in [7, 11) is 0. The van der Waals surface area contributed by atoms with Gasteiger partial charge in [-0.2, -0.15) is 0 Å². The molecule has 0 atom stereocenters. The average molecular weight is 544 g/mol. The fourth-order valence-electron chi connectivity index (χ4n) is 5.95. The number of aryl methyl sites for hydroxylation is 2. The van der Waals surface area contributed by atoms with Gasteiger partial charge in [-0.05, 0) is 105 Å². The van der Waals surface area contributed by atoms with Crippen molar-refractivity contribution in [1.82, 2.24) is 0 Å². The van der Waals surface area contributed by atoms with Crippen LogP contribution in [0.1, 0.15) is 11.1 Å². The number of carbonyl (C=O) groups is 1. The van der Waals surface area contributed by atoms with Crippen molar-refractivity contribution in [3.05, 3.63) is 157 Å². The van der Waals surface area contributed by atoms with E-state index in [-0.39, 0.29) is 0 Å². The monoisotopic (exact) mass is 543 g/mol. The number of hydrogen-bond acceptors (Lipinski definition) is 3. The molecule has 0 radical (unpaired) electrons. The Kier molecular flexibility index (Phi) is 6.61. The Morgan fingerprint density at radius 2 is 1.19 bits per heavy atom. The second kappa shape index (κ2) is 10.9. The number of para-hydroxylation sites is 1. The molecule has 0 aliphatic heterocycles. The third kappa shape index (κ3) is 4.76. The van der Waals surface area contributed by atoms with Crippen LogP contribution < -0.4 is 9.64 Å². The number of carbonyl (C=O) groups excluding carboxylic acids is 1. The molecule has 0 unspecified atom stereocenters. The van der Waals surface area contributed by atoms with Gasteiger partial charge in [-0.1, -0.05) is 91.5 Å². The highest BCUT2D eigenvalue weighted by Crippen LogP contribution is 2.37. The van der Waals surface area contributed by atoms with E-state index in [9.17, 15) is 4.79 Å². The largest absolute Gasteiger partial charge is 0.423 e. The highest BCUT2D eigenvalue weighted by atomic mass is 16.5. The molecular formula is C39H29NO2. The fourth-order valence-corrected chi connectivity index (χ4v) is 5.95. The molecule has 0 aromatic heterocycles. The summed E-state index contributed by atoms with van der Waals surface area (Å²) < 4.78 is 5.27. The van der Waals surface area contributed by atoms with Crippen molar-refractivity contribution in [1.29, 1.82) is 0 Å². The maximum atomic E-state index is 11.6. The molecule has 0 aliphatic carbocycles. The van der Waals surface area contributed by atoms with Gasteiger partial charge in [-0.3, -0.25) is 0 Å². The molecule has 0 saturated carbocycles. The molecule has 0 saturated heterocycles. The number of esters is 1. The number of hydrogen-bond donors (Lipinski definition) is 0. The Hall–Kier alpha value is -5.41. The van der Waals surface area contributed by atoms with E-state index in [4.69, 9.17) is 4.74 Å². The molecule has 7 aromatic carbocycles. The van der Waals surface area contributed by atoms with Gasteiger partial charge in [0.2, 0.25) is 0 Å². The van der Waals surface area contributed by atoms with Crippen molar-refractivity contribution in [3.63, 3.8) is 0 Å². The SMILES string of the molecule is C=CC(=O)Oc1ccc(N(c2ccccc2)c2ccc(CCc3ccc4ccc5cccc6ccc3c4c56)cc2)cc1. The Balaban J connectivity index is 1.16. The summed E-state index contributed by atoms with van der Waals surface area (Å²) in [6, 6.07) is 46.8. The van der Waals surface area contributed by atoms with Crippen molar-refractivity contribution < 1.29 is 9.53 Å². The van der Waals surface area contributed by atoms with E-state index < -0.39 is 5.97 Å². The van der Waals surface area contributed by atoms with Crippen LogP contribution in [0.4, 0.5) is 17.1 Å². The molecule has 0 amide bonds. The van der Waals surface area contributed by atoms with E-state index in [1.807, 2.05) is 30.3 Å². The Morgan fingerprint density at radius 3 is 1.88 bits per heavy atom. The number of anilines is 3. The van der Waals surface area contributed by atoms with Gasteiger partial charge in [-0.25, -0.2) is 4.79 Å². The third-order valence-electron chi connectivity index (χ3n) is 7.99. The van der Waals surface area contributed by atoms with Gasteiger partial charge in [0.15, 0.2) is 0 Å². The molecule has 0 N–H and O–H groups in total. The summed E-state index contributed by atoms with van der Waals surface area (Å²) >= 11 is 0. The second-order valence-corrected chi connectivity index (χ2v) is 10.5. The molecule has 3 heteroatoms. The third-order valence-corrected chi connectivity index (χ3v) is 7.99. The van der Waals surface area contributed by atoms with Crippen LogP contribution in [-0.4, -0.2) is 5.97 Å². The predicted octanol–water partition coefficient (Wildman–Crippen LogP) is 9.93. The molecule has 0 heterocycles. The zero-order valence-corrected chi connectivity index (χ0v) is 23.2. The Labute approximate surface area is 245 Å². The topological polar surface area (TPSA) is 29.5 Å². The minimum atomic E-state index is -0.472. The van der Waals surface area contributed by atoms with Crippen molar-refractivity contribution in [2.45, 2.75) is 12.8 Å². The first-order valence-electron chi connectivity index (χ1n) is 14.2. The lowest BCUT2D eigenvalue weighted by atomic mass is 9.90. The van der Waals surface area contributed by atoms with Gasteiger partial charge < -0.3 is 9.64 Å². The van der Waals surface area contributed by atoms with Crippen LogP contribution in [-0.2, 0) is 17.6 Å². The summed E-state index contributed by atoms with van der Waals surface area (Å²) in [5.41, 5.74) is 5.76. The molecule has 42 heavy (non-hydrogen) atoms. The normalized spacial score (nSPS) is 11.2. The summed E-state index contributed by atoms with van der Waals surface area (Å²) in [5, 5.41) is 8.00. The van der Waals surface area contributed by atoms with Crippen LogP contribution in [0.25, 0.3) is 32.3 Å². The van der Waals surface area contributed by atoms with Gasteiger partial charge >= 0.3 is 5.97 Å². The van der Waals surface area contributed by atoms with E-state index in [0.29, 0.717) is 5.75 Å². The number of nitrogens with zero attached hydrogens (tertiary/aromatic N) is 1. The number of benzene rings is 7. The van der Waals surface area contributed by atoms with Crippen molar-refractivity contribution in [3.8, 4) is 5.75 Å². The summed E-state index contributed by atoms with van der Waals surface area (Å²) in [4.78, 5) is 13.8. The maximum absolute atomic E-state index is 11.6. The predicted molar refractivity (Wildman–Crippen MR) is 175 cm³/mol. The van der Waals surface area contributed by atoms with Crippen LogP contribution >= 0.6 is 0 Å². The first kappa shape index (κ1) is 25.6. The lowest BCUT2D eigenvalue weighted by molar-refractivity contribution is -0.128. The number of ether oxygens (including phenoxy) is 1. The molecule has 0 aliphatic rings. The second-order valence-electron chi connectivity index (χ2n) is 10.5. The van der Waals surface area contributed by atoms with Gasteiger partial charge in [-0.15, -0.1) is 0 Å². The lowest BCUT2D eigenvalue weighted by Crippen LogP contribution is -2.10. The van der Waals surface area contributed by atoms with E-state index in [1.165, 1.54) is 43.4 Å². The van der Waals surface area contributed by atoms with E-state index in [2.05, 4.69) is 102 Å². The van der Waals surface area contributed by atoms with Crippen molar-refractivity contribution in [2.24, 2.45) is 0 Å². The van der Waals surface area contributed by atoms with Crippen molar-refractivity contribution in [2.75, 3.05) is 4.90 Å². The van der Waals surface area contributed by atoms with Crippen LogP contribution in [0.2, 0.25) is 0 Å². The molecule has 202 valence electrons. The van der Waals surface area contributed by atoms with Crippen molar-refractivity contribution >= 4 is 55.3 Å². The zero-order chi connectivity index (χ0) is 28.5. The molecule has 7 rings (SSSR count). The summed E-state index contributed by atoms with van der Waals surface area (Å²) in [5.74, 6) is 0.0131. The van der Waals surface area contributed by atoms with E-state index in [1.54, 1.807) is 12.1 Å². The van der Waals surface area contributed by atoms with Crippen LogP contribution in [0.15, 0.2) is 146 Å². The Morgan fingerprint density at radius 1 is 0.595 bits per heavy atom. The summed E-state index contributed by atoms with van der Waals surface area (Å²) in [6.07, 6.45) is 3.09. The molecule has 0 fully saturated rings. The van der Waals surface area contributed by atoms with Gasteiger partial charge in [0.05, 0.1) is 0 Å². The van der Waals surface area contributed by atoms with Gasteiger partial charge in [0.1, 0.15) is 5.75 Å². The molecule has 7 aromatic rings. The fraction of sp³-hybridized carbons (Fsp3) is 0.0513. The standard InChI is InChI=1S/C39H29NO2/c1-2-37(41)42-35-24-22-34(23-25-35)40(32-9-4-3-5-10-32)33-20-12-27(13-21-33)11-14-28-15-16-31-18-17-29-7-6-8-30-19-26-36(28)39(31)38(29)30/h2-10,12-13,15-26H,1,11,14H2. The zero-order valence-electron chi connectivity index (χ0n) is 23.2. The van der Waals surface area contributed by atoms with E-state index >= 15 is 0 Å². The average Bonchev–Trinajstić information content (AvgIpc) is 3.05. The van der Waals surface area contributed by atoms with Gasteiger partial charge in [0, 0.05) is 23.1 Å². The van der Waals surface area contributed by atoms with Crippen LogP contribution in [0.5, 0.6) is 5.75 Å². The van der Waals surface area contributed by atoms with Gasteiger partial charge in [0.25, 0.3) is 0 Å². The van der Waals surface area contributed by atoms with E-state index in [0.717, 1.165) is 36.0 Å². The molecule has 0 bridgehead atoms. The first-order chi connectivity index (χ1) is 20.7. The highest BCUT2D eigenvalue weighted by molar-refractivity contribution is 6.23. The smallest absolute Gasteiger partial charge is 0.335 e. The maximum Gasteiger partial charge on any atom is 0.335 e. The quantitative estimate of drug-likeness (QED) is 0.0827. The van der Waals surface area contributed by atoms with Crippen LogP contribution in [0.3, 0.4) is 0 Å².